The lowest BCUT2D eigenvalue weighted by Gasteiger charge is -2.41. The minimum atomic E-state index is 0.470. The Kier molecular flexibility index (Phi) is 6.32. The minimum Gasteiger partial charge on any atom is -0.383 e. The van der Waals surface area contributed by atoms with Crippen molar-refractivity contribution in [2.75, 3.05) is 26.8 Å². The molecule has 3 atom stereocenters. The third-order valence-corrected chi connectivity index (χ3v) is 3.67. The van der Waals surface area contributed by atoms with Crippen LogP contribution in [-0.4, -0.2) is 49.8 Å². The van der Waals surface area contributed by atoms with Gasteiger partial charge in [-0.05, 0) is 33.2 Å². The van der Waals surface area contributed by atoms with Crippen molar-refractivity contribution in [1.82, 2.24) is 10.2 Å². The molecule has 0 aromatic rings. The maximum Gasteiger partial charge on any atom is 0.0628 e. The SMILES string of the molecule is CCNC(COC)CN1C(C)CCCC1C. The molecular weight excluding hydrogens is 200 g/mol. The van der Waals surface area contributed by atoms with E-state index in [2.05, 4.69) is 31.0 Å². The Morgan fingerprint density at radius 2 is 1.94 bits per heavy atom. The number of piperidine rings is 1. The third kappa shape index (κ3) is 4.04. The van der Waals surface area contributed by atoms with Crippen molar-refractivity contribution < 1.29 is 4.74 Å². The summed E-state index contributed by atoms with van der Waals surface area (Å²) in [5, 5.41) is 3.51. The number of ether oxygens (including phenoxy) is 1. The van der Waals surface area contributed by atoms with E-state index in [4.69, 9.17) is 4.74 Å². The molecule has 1 N–H and O–H groups in total. The fraction of sp³-hybridized carbons (Fsp3) is 1.00. The molecule has 0 aromatic heterocycles. The monoisotopic (exact) mass is 228 g/mol. The van der Waals surface area contributed by atoms with Gasteiger partial charge in [-0.25, -0.2) is 0 Å². The smallest absolute Gasteiger partial charge is 0.0628 e. The molecule has 0 spiro atoms. The molecule has 96 valence electrons. The molecule has 0 aromatic carbocycles. The molecule has 16 heavy (non-hydrogen) atoms. The highest BCUT2D eigenvalue weighted by atomic mass is 16.5. The Morgan fingerprint density at radius 1 is 1.31 bits per heavy atom. The van der Waals surface area contributed by atoms with Crippen LogP contribution in [0.1, 0.15) is 40.0 Å². The van der Waals surface area contributed by atoms with Gasteiger partial charge in [0.2, 0.25) is 0 Å². The van der Waals surface area contributed by atoms with Crippen molar-refractivity contribution in [2.24, 2.45) is 0 Å². The molecule has 0 aliphatic carbocycles. The van der Waals surface area contributed by atoms with Crippen LogP contribution in [0.4, 0.5) is 0 Å². The van der Waals surface area contributed by atoms with Crippen LogP contribution in [0.25, 0.3) is 0 Å². The van der Waals surface area contributed by atoms with Crippen LogP contribution in [0.5, 0.6) is 0 Å². The molecule has 3 heteroatoms. The maximum absolute atomic E-state index is 5.28. The van der Waals surface area contributed by atoms with E-state index in [1.165, 1.54) is 19.3 Å². The first kappa shape index (κ1) is 13.9. The Labute approximate surface area is 101 Å². The van der Waals surface area contributed by atoms with Crippen LogP contribution in [-0.2, 0) is 4.74 Å². The van der Waals surface area contributed by atoms with Crippen LogP contribution < -0.4 is 5.32 Å². The molecule has 0 radical (unpaired) electrons. The van der Waals surface area contributed by atoms with Gasteiger partial charge in [-0.2, -0.15) is 0 Å². The van der Waals surface area contributed by atoms with Crippen LogP contribution in [0.2, 0.25) is 0 Å². The lowest BCUT2D eigenvalue weighted by atomic mass is 9.97. The third-order valence-electron chi connectivity index (χ3n) is 3.67. The summed E-state index contributed by atoms with van der Waals surface area (Å²) in [5.74, 6) is 0. The number of likely N-dealkylation sites (tertiary alicyclic amines) is 1. The summed E-state index contributed by atoms with van der Waals surface area (Å²) in [6, 6.07) is 1.92. The average Bonchev–Trinajstić information content (AvgIpc) is 2.24. The highest BCUT2D eigenvalue weighted by molar-refractivity contribution is 4.83. The maximum atomic E-state index is 5.28. The second kappa shape index (κ2) is 7.25. The molecule has 1 rings (SSSR count). The summed E-state index contributed by atoms with van der Waals surface area (Å²) >= 11 is 0. The van der Waals surface area contributed by atoms with Crippen LogP contribution in [0.15, 0.2) is 0 Å². The highest BCUT2D eigenvalue weighted by Gasteiger charge is 2.26. The van der Waals surface area contributed by atoms with Crippen LogP contribution >= 0.6 is 0 Å². The average molecular weight is 228 g/mol. The number of nitrogens with one attached hydrogen (secondary N) is 1. The minimum absolute atomic E-state index is 0.470. The second-order valence-corrected chi connectivity index (χ2v) is 5.04. The predicted molar refractivity (Wildman–Crippen MR) is 68.8 cm³/mol. The van der Waals surface area contributed by atoms with Gasteiger partial charge in [-0.15, -0.1) is 0 Å². The van der Waals surface area contributed by atoms with E-state index >= 15 is 0 Å². The number of rotatable bonds is 6. The number of hydrogen-bond donors (Lipinski definition) is 1. The molecule has 1 aliphatic heterocycles. The molecule has 1 saturated heterocycles. The molecule has 0 saturated carbocycles. The number of nitrogens with zero attached hydrogens (tertiary/aromatic N) is 1. The fourth-order valence-corrected chi connectivity index (χ4v) is 2.76. The second-order valence-electron chi connectivity index (χ2n) is 5.04. The molecule has 1 fully saturated rings. The van der Waals surface area contributed by atoms with Crippen molar-refractivity contribution in [3.63, 3.8) is 0 Å². The van der Waals surface area contributed by atoms with Gasteiger partial charge in [-0.1, -0.05) is 13.3 Å². The standard InChI is InChI=1S/C13H28N2O/c1-5-14-13(10-16-4)9-15-11(2)7-6-8-12(15)3/h11-14H,5-10H2,1-4H3. The van der Waals surface area contributed by atoms with Crippen molar-refractivity contribution in [3.8, 4) is 0 Å². The van der Waals surface area contributed by atoms with Gasteiger partial charge in [0, 0.05) is 31.8 Å². The quantitative estimate of drug-likeness (QED) is 0.751. The number of methoxy groups -OCH3 is 1. The van der Waals surface area contributed by atoms with Gasteiger partial charge in [0.25, 0.3) is 0 Å². The Hall–Kier alpha value is -0.120. The summed E-state index contributed by atoms with van der Waals surface area (Å²) in [6.45, 7) is 9.81. The molecule has 3 nitrogen and oxygen atoms in total. The summed E-state index contributed by atoms with van der Waals surface area (Å²) in [6.07, 6.45) is 4.07. The first-order valence-electron chi connectivity index (χ1n) is 6.67. The first-order valence-corrected chi connectivity index (χ1v) is 6.67. The zero-order valence-corrected chi connectivity index (χ0v) is 11.3. The van der Waals surface area contributed by atoms with Crippen LogP contribution in [0.3, 0.4) is 0 Å². The van der Waals surface area contributed by atoms with Crippen molar-refractivity contribution >= 4 is 0 Å². The largest absolute Gasteiger partial charge is 0.383 e. The van der Waals surface area contributed by atoms with Crippen molar-refractivity contribution in [1.29, 1.82) is 0 Å². The molecule has 1 heterocycles. The molecule has 0 bridgehead atoms. The Bertz CT molecular complexity index is 171. The zero-order valence-electron chi connectivity index (χ0n) is 11.3. The number of likely N-dealkylation sites (N-methyl/N-ethyl adjacent to an activating group) is 1. The molecular formula is C13H28N2O. The van der Waals surface area contributed by atoms with Gasteiger partial charge in [0.05, 0.1) is 6.61 Å². The van der Waals surface area contributed by atoms with E-state index in [9.17, 15) is 0 Å². The first-order chi connectivity index (χ1) is 7.69. The Balaban J connectivity index is 2.46. The van der Waals surface area contributed by atoms with Crippen molar-refractivity contribution in [2.45, 2.75) is 58.2 Å². The van der Waals surface area contributed by atoms with Crippen molar-refractivity contribution in [3.05, 3.63) is 0 Å². The normalized spacial score (nSPS) is 29.2. The highest BCUT2D eigenvalue weighted by Crippen LogP contribution is 2.22. The van der Waals surface area contributed by atoms with Gasteiger partial charge in [0.1, 0.15) is 0 Å². The van der Waals surface area contributed by atoms with E-state index in [1.54, 1.807) is 7.11 Å². The molecule has 3 unspecified atom stereocenters. The fourth-order valence-electron chi connectivity index (χ4n) is 2.76. The van der Waals surface area contributed by atoms with E-state index in [1.807, 2.05) is 0 Å². The number of hydrogen-bond acceptors (Lipinski definition) is 3. The van der Waals surface area contributed by atoms with Gasteiger partial charge in [0.15, 0.2) is 0 Å². The van der Waals surface area contributed by atoms with Gasteiger partial charge >= 0.3 is 0 Å². The summed E-state index contributed by atoms with van der Waals surface area (Å²) in [7, 11) is 1.79. The predicted octanol–water partition coefficient (Wildman–Crippen LogP) is 1.87. The molecule has 0 amide bonds. The summed E-state index contributed by atoms with van der Waals surface area (Å²) in [5.41, 5.74) is 0. The zero-order chi connectivity index (χ0) is 12.0. The van der Waals surface area contributed by atoms with E-state index < -0.39 is 0 Å². The van der Waals surface area contributed by atoms with Gasteiger partial charge in [-0.3, -0.25) is 4.90 Å². The lowest BCUT2D eigenvalue weighted by Crippen LogP contribution is -2.51. The molecule has 1 aliphatic rings. The van der Waals surface area contributed by atoms with E-state index in [-0.39, 0.29) is 0 Å². The Morgan fingerprint density at radius 3 is 2.44 bits per heavy atom. The van der Waals surface area contributed by atoms with E-state index in [0.717, 1.165) is 31.8 Å². The topological polar surface area (TPSA) is 24.5 Å². The lowest BCUT2D eigenvalue weighted by molar-refractivity contribution is 0.0698. The van der Waals surface area contributed by atoms with Crippen LogP contribution in [0, 0.1) is 0 Å². The summed E-state index contributed by atoms with van der Waals surface area (Å²) < 4.78 is 5.28. The van der Waals surface area contributed by atoms with E-state index in [0.29, 0.717) is 6.04 Å². The summed E-state index contributed by atoms with van der Waals surface area (Å²) in [4.78, 5) is 2.63. The van der Waals surface area contributed by atoms with Gasteiger partial charge < -0.3 is 10.1 Å².